The van der Waals surface area contributed by atoms with Crippen molar-refractivity contribution < 1.29 is 13.2 Å². The largest absolute Gasteiger partial charge is 0.369 e. The number of piperazine rings is 1. The highest BCUT2D eigenvalue weighted by Gasteiger charge is 2.30. The SMILES string of the molecule is CS(=O)(=O)N1CCc2c(c(-c3ccc(Cl)c(NC(=O)c4ccc(C#N)cc4)c3)nn2CCCN2CCN(c3cccc(Cl)c3)CC2)C1. The van der Waals surface area contributed by atoms with E-state index in [1.807, 2.05) is 35.0 Å². The van der Waals surface area contributed by atoms with E-state index in [4.69, 9.17) is 33.6 Å². The molecule has 0 aliphatic carbocycles. The summed E-state index contributed by atoms with van der Waals surface area (Å²) in [6.45, 7) is 6.04. The van der Waals surface area contributed by atoms with Crippen LogP contribution in [0.15, 0.2) is 66.7 Å². The highest BCUT2D eigenvalue weighted by atomic mass is 35.5. The van der Waals surface area contributed by atoms with Gasteiger partial charge in [-0.15, -0.1) is 0 Å². The smallest absolute Gasteiger partial charge is 0.255 e. The number of hydrogen-bond acceptors (Lipinski definition) is 7. The maximum Gasteiger partial charge on any atom is 0.255 e. The van der Waals surface area contributed by atoms with Gasteiger partial charge in [0.1, 0.15) is 0 Å². The predicted molar refractivity (Wildman–Crippen MR) is 185 cm³/mol. The normalized spacial score (nSPS) is 15.7. The average molecular weight is 693 g/mol. The third-order valence-electron chi connectivity index (χ3n) is 8.72. The van der Waals surface area contributed by atoms with Crippen molar-refractivity contribution in [1.82, 2.24) is 19.0 Å². The zero-order chi connectivity index (χ0) is 33.1. The third-order valence-corrected chi connectivity index (χ3v) is 10.5. The van der Waals surface area contributed by atoms with E-state index in [-0.39, 0.29) is 12.5 Å². The topological polar surface area (TPSA) is 115 Å². The first-order valence-corrected chi connectivity index (χ1v) is 18.1. The molecule has 1 aromatic heterocycles. The molecule has 6 rings (SSSR count). The molecule has 3 heterocycles. The molecule has 47 heavy (non-hydrogen) atoms. The van der Waals surface area contributed by atoms with Gasteiger partial charge in [-0.2, -0.15) is 14.7 Å². The zero-order valence-electron chi connectivity index (χ0n) is 26.0. The van der Waals surface area contributed by atoms with Crippen molar-refractivity contribution in [3.63, 3.8) is 0 Å². The zero-order valence-corrected chi connectivity index (χ0v) is 28.3. The molecule has 4 aromatic rings. The van der Waals surface area contributed by atoms with Crippen molar-refractivity contribution in [2.75, 3.05) is 55.7 Å². The van der Waals surface area contributed by atoms with Crippen LogP contribution in [0.25, 0.3) is 11.3 Å². The van der Waals surface area contributed by atoms with Crippen molar-refractivity contribution >= 4 is 50.5 Å². The number of rotatable bonds is 9. The molecular weight excluding hydrogens is 657 g/mol. The lowest BCUT2D eigenvalue weighted by molar-refractivity contribution is 0.102. The van der Waals surface area contributed by atoms with Gasteiger partial charge in [0.25, 0.3) is 5.91 Å². The van der Waals surface area contributed by atoms with Gasteiger partial charge in [0.2, 0.25) is 10.0 Å². The number of anilines is 2. The fraction of sp³-hybridized carbons (Fsp3) is 0.324. The Labute approximate surface area is 285 Å². The molecule has 0 spiro atoms. The number of carbonyl (C=O) groups is 1. The summed E-state index contributed by atoms with van der Waals surface area (Å²) in [4.78, 5) is 17.8. The second kappa shape index (κ2) is 14.1. The summed E-state index contributed by atoms with van der Waals surface area (Å²) in [5.74, 6) is -0.363. The standard InChI is InChI=1S/C34H35Cl2N7O3S/c1-47(45,46)42-15-12-32-29(23-42)33(26-10-11-30(36)31(20-26)38-34(44)25-8-6-24(22-37)7-9-25)39-43(32)14-3-13-40-16-18-41(19-17-40)28-5-2-4-27(35)21-28/h2,4-11,20-21H,3,12-19,23H2,1H3,(H,38,44). The molecule has 1 fully saturated rings. The minimum Gasteiger partial charge on any atom is -0.369 e. The number of fused-ring (bicyclic) bond motifs is 1. The van der Waals surface area contributed by atoms with E-state index in [0.29, 0.717) is 47.0 Å². The van der Waals surface area contributed by atoms with Crippen LogP contribution in [-0.2, 0) is 29.5 Å². The van der Waals surface area contributed by atoms with Gasteiger partial charge >= 0.3 is 0 Å². The summed E-state index contributed by atoms with van der Waals surface area (Å²) in [5, 5.41) is 18.1. The van der Waals surface area contributed by atoms with Gasteiger partial charge in [-0.25, -0.2) is 8.42 Å². The summed E-state index contributed by atoms with van der Waals surface area (Å²) in [6, 6.07) is 21.7. The number of nitriles is 1. The Morgan fingerprint density at radius 3 is 2.45 bits per heavy atom. The number of benzene rings is 3. The van der Waals surface area contributed by atoms with Crippen LogP contribution >= 0.6 is 23.2 Å². The molecular formula is C34H35Cl2N7O3S. The summed E-state index contributed by atoms with van der Waals surface area (Å²) < 4.78 is 28.6. The van der Waals surface area contributed by atoms with E-state index in [1.165, 1.54) is 10.6 Å². The molecule has 1 saturated heterocycles. The number of nitrogens with zero attached hydrogens (tertiary/aromatic N) is 6. The molecule has 0 saturated carbocycles. The minimum atomic E-state index is -3.40. The highest BCUT2D eigenvalue weighted by Crippen LogP contribution is 2.35. The van der Waals surface area contributed by atoms with Crippen molar-refractivity contribution in [3.8, 4) is 17.3 Å². The fourth-order valence-electron chi connectivity index (χ4n) is 6.17. The number of nitrogens with one attached hydrogen (secondary N) is 1. The Morgan fingerprint density at radius 1 is 0.979 bits per heavy atom. The Hall–Kier alpha value is -3.92. The van der Waals surface area contributed by atoms with Gasteiger partial charge in [-0.05, 0) is 61.0 Å². The van der Waals surface area contributed by atoms with E-state index >= 15 is 0 Å². The van der Waals surface area contributed by atoms with E-state index in [0.717, 1.165) is 66.7 Å². The van der Waals surface area contributed by atoms with Gasteiger partial charge in [-0.1, -0.05) is 35.3 Å². The van der Waals surface area contributed by atoms with Crippen molar-refractivity contribution in [2.45, 2.75) is 25.9 Å². The maximum atomic E-state index is 13.0. The monoisotopic (exact) mass is 691 g/mol. The third kappa shape index (κ3) is 7.64. The Morgan fingerprint density at radius 2 is 1.74 bits per heavy atom. The minimum absolute atomic E-state index is 0.227. The Kier molecular flexibility index (Phi) is 9.87. The summed E-state index contributed by atoms with van der Waals surface area (Å²) in [7, 11) is -3.40. The molecule has 3 aromatic carbocycles. The van der Waals surface area contributed by atoms with Crippen LogP contribution in [0.1, 0.15) is 33.6 Å². The molecule has 13 heteroatoms. The van der Waals surface area contributed by atoms with Crippen molar-refractivity contribution in [1.29, 1.82) is 5.26 Å². The van der Waals surface area contributed by atoms with Gasteiger partial charge < -0.3 is 10.2 Å². The van der Waals surface area contributed by atoms with Crippen LogP contribution in [-0.4, -0.2) is 78.8 Å². The second-order valence-corrected chi connectivity index (χ2v) is 14.7. The van der Waals surface area contributed by atoms with Crippen molar-refractivity contribution in [2.24, 2.45) is 0 Å². The molecule has 1 amide bonds. The van der Waals surface area contributed by atoms with Gasteiger partial charge in [0.05, 0.1) is 34.3 Å². The number of aryl methyl sites for hydroxylation is 1. The second-order valence-electron chi connectivity index (χ2n) is 11.8. The van der Waals surface area contributed by atoms with Crippen molar-refractivity contribution in [3.05, 3.63) is 99.2 Å². The molecule has 1 N–H and O–H groups in total. The lowest BCUT2D eigenvalue weighted by Gasteiger charge is -2.36. The maximum absolute atomic E-state index is 13.0. The number of sulfonamides is 1. The van der Waals surface area contributed by atoms with Crippen LogP contribution < -0.4 is 10.2 Å². The fourth-order valence-corrected chi connectivity index (χ4v) is 7.31. The van der Waals surface area contributed by atoms with Crippen LogP contribution in [0, 0.1) is 11.3 Å². The van der Waals surface area contributed by atoms with Crippen LogP contribution in [0.2, 0.25) is 10.0 Å². The number of amides is 1. The molecule has 0 bridgehead atoms. The van der Waals surface area contributed by atoms with E-state index in [9.17, 15) is 13.2 Å². The molecule has 2 aliphatic heterocycles. The number of carbonyl (C=O) groups excluding carboxylic acids is 1. The average Bonchev–Trinajstić information content (AvgIpc) is 3.43. The first kappa shape index (κ1) is 33.0. The quantitative estimate of drug-likeness (QED) is 0.246. The molecule has 0 radical (unpaired) electrons. The first-order valence-electron chi connectivity index (χ1n) is 15.5. The first-order chi connectivity index (χ1) is 22.6. The molecule has 0 unspecified atom stereocenters. The Balaban J connectivity index is 1.18. The molecule has 2 aliphatic rings. The number of halogens is 2. The molecule has 10 nitrogen and oxygen atoms in total. The highest BCUT2D eigenvalue weighted by molar-refractivity contribution is 7.88. The predicted octanol–water partition coefficient (Wildman–Crippen LogP) is 5.51. The van der Waals surface area contributed by atoms with E-state index in [1.54, 1.807) is 36.4 Å². The molecule has 0 atom stereocenters. The van der Waals surface area contributed by atoms with Crippen LogP contribution in [0.5, 0.6) is 0 Å². The lowest BCUT2D eigenvalue weighted by Crippen LogP contribution is -2.46. The summed E-state index contributed by atoms with van der Waals surface area (Å²) in [5.41, 5.74) is 5.71. The summed E-state index contributed by atoms with van der Waals surface area (Å²) in [6.07, 6.45) is 2.68. The van der Waals surface area contributed by atoms with Crippen LogP contribution in [0.4, 0.5) is 11.4 Å². The van der Waals surface area contributed by atoms with Gasteiger partial charge in [0.15, 0.2) is 0 Å². The lowest BCUT2D eigenvalue weighted by atomic mass is 10.0. The van der Waals surface area contributed by atoms with Gasteiger partial charge in [0, 0.05) is 91.9 Å². The number of hydrogen-bond donors (Lipinski definition) is 1. The van der Waals surface area contributed by atoms with E-state index in [2.05, 4.69) is 21.2 Å². The van der Waals surface area contributed by atoms with Gasteiger partial charge in [-0.3, -0.25) is 14.4 Å². The Bertz CT molecular complexity index is 1930. The van der Waals surface area contributed by atoms with Crippen LogP contribution in [0.3, 0.4) is 0 Å². The van der Waals surface area contributed by atoms with E-state index < -0.39 is 10.0 Å². The summed E-state index contributed by atoms with van der Waals surface area (Å²) >= 11 is 12.7. The number of aromatic nitrogens is 2. The molecule has 244 valence electrons.